The second kappa shape index (κ2) is 6.44. The summed E-state index contributed by atoms with van der Waals surface area (Å²) in [6.07, 6.45) is 2.98. The number of aryl methyl sites for hydroxylation is 1. The van der Waals surface area contributed by atoms with E-state index in [-0.39, 0.29) is 11.5 Å². The van der Waals surface area contributed by atoms with E-state index in [1.54, 1.807) is 0 Å². The molecule has 0 radical (unpaired) electrons. The largest absolute Gasteiger partial charge is 0.305 e. The van der Waals surface area contributed by atoms with Crippen LogP contribution >= 0.6 is 0 Å². The van der Waals surface area contributed by atoms with Crippen LogP contribution < -0.4 is 5.32 Å². The lowest BCUT2D eigenvalue weighted by molar-refractivity contribution is 0.551. The Morgan fingerprint density at radius 3 is 2.29 bits per heavy atom. The van der Waals surface area contributed by atoms with Gasteiger partial charge in [0.15, 0.2) is 0 Å². The zero-order valence-corrected chi connectivity index (χ0v) is 13.9. The van der Waals surface area contributed by atoms with Crippen LogP contribution in [-0.4, -0.2) is 16.3 Å². The maximum Gasteiger partial charge on any atom is 0.0748 e. The minimum atomic E-state index is 0.192. The highest BCUT2D eigenvalue weighted by Gasteiger charge is 2.18. The normalized spacial score (nSPS) is 13.4. The summed E-state index contributed by atoms with van der Waals surface area (Å²) in [6.45, 7) is 9.93. The molecule has 21 heavy (non-hydrogen) atoms. The summed E-state index contributed by atoms with van der Waals surface area (Å²) >= 11 is 0. The molecule has 114 valence electrons. The van der Waals surface area contributed by atoms with Crippen LogP contribution in [0.5, 0.6) is 0 Å². The molecule has 2 rings (SSSR count). The van der Waals surface area contributed by atoms with Gasteiger partial charge >= 0.3 is 0 Å². The molecular formula is C18H27N3. The van der Waals surface area contributed by atoms with Gasteiger partial charge in [-0.1, -0.05) is 52.0 Å². The molecule has 0 bridgehead atoms. The molecule has 0 fully saturated rings. The average molecular weight is 285 g/mol. The van der Waals surface area contributed by atoms with Crippen molar-refractivity contribution < 1.29 is 0 Å². The van der Waals surface area contributed by atoms with Crippen molar-refractivity contribution in [3.8, 4) is 0 Å². The van der Waals surface area contributed by atoms with Gasteiger partial charge in [-0.2, -0.15) is 5.10 Å². The molecule has 0 aliphatic rings. The van der Waals surface area contributed by atoms with Gasteiger partial charge in [0.05, 0.1) is 11.7 Å². The van der Waals surface area contributed by atoms with Gasteiger partial charge in [0.1, 0.15) is 0 Å². The Balaban J connectivity index is 2.31. The first-order valence-corrected chi connectivity index (χ1v) is 7.75. The number of aromatic nitrogens is 2. The van der Waals surface area contributed by atoms with Crippen LogP contribution in [0.15, 0.2) is 36.5 Å². The minimum absolute atomic E-state index is 0.192. The smallest absolute Gasteiger partial charge is 0.0748 e. The molecule has 3 nitrogen and oxygen atoms in total. The lowest BCUT2D eigenvalue weighted by Crippen LogP contribution is -2.25. The molecule has 1 aromatic heterocycles. The van der Waals surface area contributed by atoms with Crippen LogP contribution in [0.2, 0.25) is 0 Å². The molecular weight excluding hydrogens is 258 g/mol. The van der Waals surface area contributed by atoms with Gasteiger partial charge in [0.25, 0.3) is 0 Å². The number of benzene rings is 1. The van der Waals surface area contributed by atoms with E-state index in [1.165, 1.54) is 16.8 Å². The highest BCUT2D eigenvalue weighted by atomic mass is 15.3. The quantitative estimate of drug-likeness (QED) is 0.905. The van der Waals surface area contributed by atoms with Crippen molar-refractivity contribution in [3.63, 3.8) is 0 Å². The Morgan fingerprint density at radius 1 is 1.14 bits per heavy atom. The molecule has 1 heterocycles. The third-order valence-corrected chi connectivity index (χ3v) is 3.86. The lowest BCUT2D eigenvalue weighted by atomic mass is 9.86. The Hall–Kier alpha value is -1.61. The third kappa shape index (κ3) is 3.73. The molecule has 1 aromatic carbocycles. The fraction of sp³-hybridized carbons (Fsp3) is 0.500. The predicted octanol–water partition coefficient (Wildman–Crippen LogP) is 3.81. The molecule has 3 heteroatoms. The summed E-state index contributed by atoms with van der Waals surface area (Å²) in [4.78, 5) is 0. The molecule has 1 N–H and O–H groups in total. The Bertz CT molecular complexity index is 561. The number of hydrogen-bond acceptors (Lipinski definition) is 2. The second-order valence-corrected chi connectivity index (χ2v) is 6.64. The van der Waals surface area contributed by atoms with Gasteiger partial charge in [-0.05, 0) is 35.6 Å². The molecule has 0 saturated carbocycles. The van der Waals surface area contributed by atoms with Crippen LogP contribution in [0.1, 0.15) is 57.0 Å². The highest BCUT2D eigenvalue weighted by Crippen LogP contribution is 2.26. The lowest BCUT2D eigenvalue weighted by Gasteiger charge is -2.22. The van der Waals surface area contributed by atoms with E-state index in [0.29, 0.717) is 0 Å². The molecule has 0 saturated heterocycles. The topological polar surface area (TPSA) is 29.9 Å². The van der Waals surface area contributed by atoms with Gasteiger partial charge in [-0.3, -0.25) is 4.68 Å². The Kier molecular flexibility index (Phi) is 4.84. The fourth-order valence-electron chi connectivity index (χ4n) is 2.52. The second-order valence-electron chi connectivity index (χ2n) is 6.64. The van der Waals surface area contributed by atoms with Crippen LogP contribution in [0.4, 0.5) is 0 Å². The van der Waals surface area contributed by atoms with E-state index in [2.05, 4.69) is 68.4 Å². The van der Waals surface area contributed by atoms with Crippen LogP contribution in [-0.2, 0) is 12.5 Å². The molecule has 0 aliphatic heterocycles. The maximum atomic E-state index is 4.30. The monoisotopic (exact) mass is 285 g/mol. The molecule has 1 atom stereocenters. The number of nitrogens with one attached hydrogen (secondary N) is 1. The van der Waals surface area contributed by atoms with Crippen molar-refractivity contribution in [3.05, 3.63) is 53.3 Å². The Morgan fingerprint density at radius 2 is 1.81 bits per heavy atom. The molecule has 0 amide bonds. The van der Waals surface area contributed by atoms with Crippen molar-refractivity contribution in [2.24, 2.45) is 7.05 Å². The summed E-state index contributed by atoms with van der Waals surface area (Å²) < 4.78 is 1.95. The van der Waals surface area contributed by atoms with Crippen LogP contribution in [0.3, 0.4) is 0 Å². The van der Waals surface area contributed by atoms with Crippen molar-refractivity contribution in [1.82, 2.24) is 15.1 Å². The van der Waals surface area contributed by atoms with Gasteiger partial charge in [-0.15, -0.1) is 0 Å². The summed E-state index contributed by atoms with van der Waals surface area (Å²) in [5.74, 6) is 0. The van der Waals surface area contributed by atoms with Gasteiger partial charge < -0.3 is 5.32 Å². The summed E-state index contributed by atoms with van der Waals surface area (Å²) in [6, 6.07) is 11.2. The molecule has 0 aliphatic carbocycles. The minimum Gasteiger partial charge on any atom is -0.305 e. The highest BCUT2D eigenvalue weighted by molar-refractivity contribution is 5.33. The third-order valence-electron chi connectivity index (χ3n) is 3.86. The van der Waals surface area contributed by atoms with Crippen molar-refractivity contribution >= 4 is 0 Å². The average Bonchev–Trinajstić information content (AvgIpc) is 2.85. The van der Waals surface area contributed by atoms with E-state index >= 15 is 0 Å². The SMILES string of the molecule is CCCNC(c1ccc(C(C)(C)C)cc1)c1ccnn1C. The fourth-order valence-corrected chi connectivity index (χ4v) is 2.52. The van der Waals surface area contributed by atoms with Gasteiger partial charge in [0.2, 0.25) is 0 Å². The first kappa shape index (κ1) is 15.8. The number of hydrogen-bond donors (Lipinski definition) is 1. The van der Waals surface area contributed by atoms with Crippen LogP contribution in [0, 0.1) is 0 Å². The van der Waals surface area contributed by atoms with Crippen molar-refractivity contribution in [2.45, 2.75) is 45.6 Å². The van der Waals surface area contributed by atoms with Crippen molar-refractivity contribution in [1.29, 1.82) is 0 Å². The molecule has 2 aromatic rings. The predicted molar refractivity (Wildman–Crippen MR) is 88.5 cm³/mol. The van der Waals surface area contributed by atoms with E-state index in [9.17, 15) is 0 Å². The van der Waals surface area contributed by atoms with E-state index in [4.69, 9.17) is 0 Å². The standard InChI is InChI=1S/C18H27N3/c1-6-12-19-17(16-11-13-20-21(16)5)14-7-9-15(10-8-14)18(2,3)4/h7-11,13,17,19H,6,12H2,1-5H3. The van der Waals surface area contributed by atoms with Crippen LogP contribution in [0.25, 0.3) is 0 Å². The summed E-state index contributed by atoms with van der Waals surface area (Å²) in [5.41, 5.74) is 4.05. The van der Waals surface area contributed by atoms with Crippen molar-refractivity contribution in [2.75, 3.05) is 6.54 Å². The first-order valence-electron chi connectivity index (χ1n) is 7.75. The van der Waals surface area contributed by atoms with E-state index in [0.717, 1.165) is 13.0 Å². The zero-order chi connectivity index (χ0) is 15.5. The van der Waals surface area contributed by atoms with E-state index < -0.39 is 0 Å². The maximum absolute atomic E-state index is 4.30. The number of rotatable bonds is 5. The molecule has 0 spiro atoms. The zero-order valence-electron chi connectivity index (χ0n) is 13.9. The van der Waals surface area contributed by atoms with Gasteiger partial charge in [-0.25, -0.2) is 0 Å². The molecule has 1 unspecified atom stereocenters. The first-order chi connectivity index (χ1) is 9.93. The summed E-state index contributed by atoms with van der Waals surface area (Å²) in [7, 11) is 2.00. The number of nitrogens with zero attached hydrogens (tertiary/aromatic N) is 2. The summed E-state index contributed by atoms with van der Waals surface area (Å²) in [5, 5.41) is 7.93. The van der Waals surface area contributed by atoms with Gasteiger partial charge in [0, 0.05) is 13.2 Å². The van der Waals surface area contributed by atoms with E-state index in [1.807, 2.05) is 17.9 Å². The Labute approximate surface area is 128 Å².